The van der Waals surface area contributed by atoms with Crippen molar-refractivity contribution in [2.24, 2.45) is 0 Å². The van der Waals surface area contributed by atoms with Crippen molar-refractivity contribution in [1.29, 1.82) is 0 Å². The Morgan fingerprint density at radius 1 is 1.33 bits per heavy atom. The van der Waals surface area contributed by atoms with Gasteiger partial charge in [-0.15, -0.1) is 0 Å². The second kappa shape index (κ2) is 6.80. The van der Waals surface area contributed by atoms with E-state index < -0.39 is 10.8 Å². The summed E-state index contributed by atoms with van der Waals surface area (Å²) in [6.45, 7) is 1.85. The zero-order valence-corrected chi connectivity index (χ0v) is 11.3. The molecule has 1 fully saturated rings. The molecule has 1 aliphatic heterocycles. The van der Waals surface area contributed by atoms with Crippen LogP contribution < -0.4 is 5.32 Å². The van der Waals surface area contributed by atoms with Gasteiger partial charge in [0, 0.05) is 30.8 Å². The summed E-state index contributed by atoms with van der Waals surface area (Å²) in [5.41, 5.74) is -0.0128. The van der Waals surface area contributed by atoms with Gasteiger partial charge in [-0.3, -0.25) is 19.7 Å². The molecule has 2 rings (SSSR count). The van der Waals surface area contributed by atoms with E-state index >= 15 is 0 Å². The summed E-state index contributed by atoms with van der Waals surface area (Å²) in [6.07, 6.45) is 0. The molecule has 1 aromatic carbocycles. The van der Waals surface area contributed by atoms with Gasteiger partial charge in [-0.2, -0.15) is 0 Å². The van der Waals surface area contributed by atoms with Crippen LogP contribution >= 0.6 is 0 Å². The number of nitrogens with one attached hydrogen (secondary N) is 1. The van der Waals surface area contributed by atoms with Gasteiger partial charge in [0.25, 0.3) is 11.6 Å². The molecule has 1 heterocycles. The van der Waals surface area contributed by atoms with E-state index in [0.717, 1.165) is 0 Å². The number of carbonyl (C=O) groups excluding carboxylic acids is 2. The van der Waals surface area contributed by atoms with Gasteiger partial charge in [0.05, 0.1) is 24.7 Å². The first-order valence-corrected chi connectivity index (χ1v) is 6.46. The standard InChI is InChI=1S/C13H15N3O5/c17-12(15-4-6-21-7-5-15)9-14-13(18)10-2-1-3-11(8-10)16(19)20/h1-3,8H,4-7,9H2,(H,14,18). The maximum absolute atomic E-state index is 11.9. The molecule has 8 nitrogen and oxygen atoms in total. The number of rotatable bonds is 4. The molecular weight excluding hydrogens is 278 g/mol. The van der Waals surface area contributed by atoms with Gasteiger partial charge >= 0.3 is 0 Å². The minimum Gasteiger partial charge on any atom is -0.378 e. The number of non-ortho nitro benzene ring substituents is 1. The van der Waals surface area contributed by atoms with Crippen molar-refractivity contribution in [2.75, 3.05) is 32.8 Å². The Morgan fingerprint density at radius 3 is 2.71 bits per heavy atom. The quantitative estimate of drug-likeness (QED) is 0.630. The SMILES string of the molecule is O=C(NCC(=O)N1CCOCC1)c1cccc([N+](=O)[O-])c1. The molecule has 0 bridgehead atoms. The molecule has 0 radical (unpaired) electrons. The average molecular weight is 293 g/mol. The predicted molar refractivity (Wildman–Crippen MR) is 72.8 cm³/mol. The van der Waals surface area contributed by atoms with E-state index in [9.17, 15) is 19.7 Å². The third-order valence-corrected chi connectivity index (χ3v) is 3.08. The number of carbonyl (C=O) groups is 2. The normalized spacial score (nSPS) is 14.6. The fourth-order valence-electron chi connectivity index (χ4n) is 1.94. The first-order chi connectivity index (χ1) is 10.1. The average Bonchev–Trinajstić information content (AvgIpc) is 2.53. The van der Waals surface area contributed by atoms with Crippen LogP contribution in [0.4, 0.5) is 5.69 Å². The van der Waals surface area contributed by atoms with Crippen LogP contribution in [0.1, 0.15) is 10.4 Å². The number of benzene rings is 1. The molecule has 1 N–H and O–H groups in total. The van der Waals surface area contributed by atoms with Crippen LogP contribution in [0.2, 0.25) is 0 Å². The van der Waals surface area contributed by atoms with Crippen LogP contribution in [-0.4, -0.2) is 54.5 Å². The van der Waals surface area contributed by atoms with Crippen molar-refractivity contribution in [1.82, 2.24) is 10.2 Å². The summed E-state index contributed by atoms with van der Waals surface area (Å²) in [5, 5.41) is 13.1. The van der Waals surface area contributed by atoms with Crippen LogP contribution in [-0.2, 0) is 9.53 Å². The molecule has 8 heteroatoms. The van der Waals surface area contributed by atoms with Crippen LogP contribution in [0.25, 0.3) is 0 Å². The highest BCUT2D eigenvalue weighted by atomic mass is 16.6. The van der Waals surface area contributed by atoms with E-state index in [1.165, 1.54) is 24.3 Å². The lowest BCUT2D eigenvalue weighted by Crippen LogP contribution is -2.45. The molecule has 0 spiro atoms. The predicted octanol–water partition coefficient (Wildman–Crippen LogP) is 0.183. The van der Waals surface area contributed by atoms with Gasteiger partial charge in [-0.25, -0.2) is 0 Å². The number of morpholine rings is 1. The molecule has 112 valence electrons. The van der Waals surface area contributed by atoms with Crippen molar-refractivity contribution in [3.63, 3.8) is 0 Å². The molecule has 2 amide bonds. The summed E-state index contributed by atoms with van der Waals surface area (Å²) in [7, 11) is 0. The Labute approximate surface area is 120 Å². The molecule has 21 heavy (non-hydrogen) atoms. The zero-order valence-electron chi connectivity index (χ0n) is 11.3. The second-order valence-electron chi connectivity index (χ2n) is 4.48. The lowest BCUT2D eigenvalue weighted by atomic mass is 10.2. The monoisotopic (exact) mass is 293 g/mol. The Morgan fingerprint density at radius 2 is 2.05 bits per heavy atom. The maximum Gasteiger partial charge on any atom is 0.270 e. The van der Waals surface area contributed by atoms with Crippen molar-refractivity contribution >= 4 is 17.5 Å². The highest BCUT2D eigenvalue weighted by Crippen LogP contribution is 2.12. The van der Waals surface area contributed by atoms with Gasteiger partial charge in [0.2, 0.25) is 5.91 Å². The third kappa shape index (κ3) is 3.99. The Hall–Kier alpha value is -2.48. The first-order valence-electron chi connectivity index (χ1n) is 6.46. The maximum atomic E-state index is 11.9. The van der Waals surface area contributed by atoms with Crippen LogP contribution in [0.15, 0.2) is 24.3 Å². The zero-order chi connectivity index (χ0) is 15.2. The molecular formula is C13H15N3O5. The van der Waals surface area contributed by atoms with Crippen molar-refractivity contribution in [3.05, 3.63) is 39.9 Å². The highest BCUT2D eigenvalue weighted by Gasteiger charge is 2.18. The molecule has 0 aliphatic carbocycles. The van der Waals surface area contributed by atoms with Crippen LogP contribution in [0.5, 0.6) is 0 Å². The number of hydrogen-bond donors (Lipinski definition) is 1. The Bertz CT molecular complexity index is 554. The highest BCUT2D eigenvalue weighted by molar-refractivity contribution is 5.96. The third-order valence-electron chi connectivity index (χ3n) is 3.08. The van der Waals surface area contributed by atoms with E-state index in [2.05, 4.69) is 5.32 Å². The summed E-state index contributed by atoms with van der Waals surface area (Å²) in [4.78, 5) is 35.4. The topological polar surface area (TPSA) is 102 Å². The lowest BCUT2D eigenvalue weighted by Gasteiger charge is -2.26. The van der Waals surface area contributed by atoms with Gasteiger partial charge in [-0.1, -0.05) is 6.07 Å². The number of amides is 2. The van der Waals surface area contributed by atoms with Gasteiger partial charge in [0.1, 0.15) is 0 Å². The van der Waals surface area contributed by atoms with Gasteiger partial charge < -0.3 is 15.0 Å². The van der Waals surface area contributed by atoms with E-state index in [4.69, 9.17) is 4.74 Å². The molecule has 0 unspecified atom stereocenters. The lowest BCUT2D eigenvalue weighted by molar-refractivity contribution is -0.384. The summed E-state index contributed by atoms with van der Waals surface area (Å²) < 4.78 is 5.14. The number of nitro benzene ring substituents is 1. The van der Waals surface area contributed by atoms with E-state index in [1.54, 1.807) is 4.90 Å². The van der Waals surface area contributed by atoms with Crippen molar-refractivity contribution in [3.8, 4) is 0 Å². The molecule has 0 atom stereocenters. The van der Waals surface area contributed by atoms with Crippen LogP contribution in [0, 0.1) is 10.1 Å². The number of nitrogens with zero attached hydrogens (tertiary/aromatic N) is 2. The molecule has 0 saturated carbocycles. The van der Waals surface area contributed by atoms with Gasteiger partial charge in [-0.05, 0) is 6.07 Å². The molecule has 1 aliphatic rings. The number of ether oxygens (including phenoxy) is 1. The van der Waals surface area contributed by atoms with Gasteiger partial charge in [0.15, 0.2) is 0 Å². The summed E-state index contributed by atoms with van der Waals surface area (Å²) in [6, 6.07) is 5.36. The van der Waals surface area contributed by atoms with E-state index in [-0.39, 0.29) is 23.7 Å². The Kier molecular flexibility index (Phi) is 4.83. The fourth-order valence-corrected chi connectivity index (χ4v) is 1.94. The number of nitro groups is 1. The second-order valence-corrected chi connectivity index (χ2v) is 4.48. The smallest absolute Gasteiger partial charge is 0.270 e. The summed E-state index contributed by atoms with van der Waals surface area (Å²) in [5.74, 6) is -0.711. The largest absolute Gasteiger partial charge is 0.378 e. The first kappa shape index (κ1) is 14.9. The van der Waals surface area contributed by atoms with Crippen molar-refractivity contribution < 1.29 is 19.2 Å². The Balaban J connectivity index is 1.90. The van der Waals surface area contributed by atoms with E-state index in [0.29, 0.717) is 26.3 Å². The molecule has 0 aromatic heterocycles. The van der Waals surface area contributed by atoms with E-state index in [1.807, 2.05) is 0 Å². The molecule has 1 saturated heterocycles. The van der Waals surface area contributed by atoms with Crippen LogP contribution in [0.3, 0.4) is 0 Å². The minimum atomic E-state index is -0.574. The van der Waals surface area contributed by atoms with Crippen molar-refractivity contribution in [2.45, 2.75) is 0 Å². The summed E-state index contributed by atoms with van der Waals surface area (Å²) >= 11 is 0. The fraction of sp³-hybridized carbons (Fsp3) is 0.385. The number of hydrogen-bond acceptors (Lipinski definition) is 5. The minimum absolute atomic E-state index is 0.137. The molecule has 1 aromatic rings.